The molecule has 0 unspecified atom stereocenters. The van der Waals surface area contributed by atoms with Crippen molar-refractivity contribution in [3.63, 3.8) is 0 Å². The number of nitrogens with zero attached hydrogens (tertiary/aromatic N) is 1. The lowest BCUT2D eigenvalue weighted by Crippen LogP contribution is -2.27. The lowest BCUT2D eigenvalue weighted by atomic mass is 10.2. The fourth-order valence-corrected chi connectivity index (χ4v) is 1.57. The fourth-order valence-electron chi connectivity index (χ4n) is 1.35. The van der Waals surface area contributed by atoms with Crippen LogP contribution in [0.5, 0.6) is 0 Å². The molecule has 1 aromatic carbocycles. The number of hydrogen-bond acceptors (Lipinski definition) is 3. The molecule has 0 saturated carbocycles. The van der Waals surface area contributed by atoms with Crippen molar-refractivity contribution in [2.45, 2.75) is 11.3 Å². The van der Waals surface area contributed by atoms with Gasteiger partial charge in [-0.25, -0.2) is 4.39 Å². The van der Waals surface area contributed by atoms with E-state index in [4.69, 9.17) is 0 Å². The minimum absolute atomic E-state index is 0.186. The molecular weight excluding hydrogens is 239 g/mol. The summed E-state index contributed by atoms with van der Waals surface area (Å²) in [5.41, 5.74) is 0.432. The van der Waals surface area contributed by atoms with Gasteiger partial charge >= 0.3 is 0 Å². The van der Waals surface area contributed by atoms with Crippen molar-refractivity contribution >= 4 is 18.5 Å². The number of rotatable bonds is 5. The Labute approximate surface area is 106 Å². The minimum atomic E-state index is -0.419. The number of carbonyl (C=O) groups is 1. The Kier molecular flexibility index (Phi) is 5.44. The monoisotopic (exact) mass is 256 g/mol. The molecule has 1 aromatic rings. The summed E-state index contributed by atoms with van der Waals surface area (Å²) in [5, 5.41) is 2.78. The topological polar surface area (TPSA) is 32.3 Å². The zero-order valence-electron chi connectivity index (χ0n) is 10.0. The second-order valence-electron chi connectivity index (χ2n) is 4.08. The average Bonchev–Trinajstić information content (AvgIpc) is 2.27. The molecular formula is C12H17FN2OS. The fraction of sp³-hybridized carbons (Fsp3) is 0.417. The number of halogens is 1. The molecule has 0 aliphatic carbocycles. The van der Waals surface area contributed by atoms with E-state index in [-0.39, 0.29) is 10.8 Å². The number of thiol groups is 1. The van der Waals surface area contributed by atoms with Crippen LogP contribution in [0.25, 0.3) is 0 Å². The molecule has 3 nitrogen and oxygen atoms in total. The van der Waals surface area contributed by atoms with Crippen molar-refractivity contribution in [2.24, 2.45) is 0 Å². The number of benzene rings is 1. The van der Waals surface area contributed by atoms with E-state index in [2.05, 4.69) is 22.8 Å². The molecule has 0 fully saturated rings. The zero-order valence-corrected chi connectivity index (χ0v) is 10.9. The molecule has 1 amide bonds. The van der Waals surface area contributed by atoms with Gasteiger partial charge in [0.25, 0.3) is 5.91 Å². The van der Waals surface area contributed by atoms with Crippen LogP contribution in [0.1, 0.15) is 16.8 Å². The first kappa shape index (κ1) is 14.0. The number of nitrogens with one attached hydrogen (secondary N) is 1. The lowest BCUT2D eigenvalue weighted by molar-refractivity contribution is 0.0952. The number of hydrogen-bond donors (Lipinski definition) is 2. The Hall–Kier alpha value is -1.07. The van der Waals surface area contributed by atoms with Crippen LogP contribution in [0.2, 0.25) is 0 Å². The third-order valence-electron chi connectivity index (χ3n) is 2.28. The molecule has 0 bridgehead atoms. The van der Waals surface area contributed by atoms with Gasteiger partial charge in [-0.1, -0.05) is 0 Å². The molecule has 17 heavy (non-hydrogen) atoms. The first-order valence-electron chi connectivity index (χ1n) is 5.42. The largest absolute Gasteiger partial charge is 0.352 e. The molecule has 0 radical (unpaired) electrons. The van der Waals surface area contributed by atoms with Gasteiger partial charge in [0.15, 0.2) is 0 Å². The highest BCUT2D eigenvalue weighted by Gasteiger charge is 2.07. The van der Waals surface area contributed by atoms with Crippen molar-refractivity contribution in [1.82, 2.24) is 10.2 Å². The van der Waals surface area contributed by atoms with Crippen LogP contribution in [0.15, 0.2) is 23.1 Å². The van der Waals surface area contributed by atoms with Crippen LogP contribution in [-0.2, 0) is 0 Å². The smallest absolute Gasteiger partial charge is 0.251 e. The van der Waals surface area contributed by atoms with Crippen LogP contribution in [0.4, 0.5) is 4.39 Å². The molecule has 0 saturated heterocycles. The van der Waals surface area contributed by atoms with E-state index in [9.17, 15) is 9.18 Å². The molecule has 0 heterocycles. The molecule has 0 aromatic heterocycles. The SMILES string of the molecule is CN(C)CCCNC(=O)c1ccc(F)c(S)c1. The van der Waals surface area contributed by atoms with Gasteiger partial charge in [-0.15, -0.1) is 12.6 Å². The minimum Gasteiger partial charge on any atom is -0.352 e. The Morgan fingerprint density at radius 1 is 1.47 bits per heavy atom. The van der Waals surface area contributed by atoms with Gasteiger partial charge in [-0.2, -0.15) is 0 Å². The van der Waals surface area contributed by atoms with E-state index < -0.39 is 5.82 Å². The Balaban J connectivity index is 2.44. The van der Waals surface area contributed by atoms with Gasteiger partial charge in [0, 0.05) is 17.0 Å². The highest BCUT2D eigenvalue weighted by Crippen LogP contribution is 2.13. The van der Waals surface area contributed by atoms with Gasteiger partial charge < -0.3 is 10.2 Å². The summed E-state index contributed by atoms with van der Waals surface area (Å²) >= 11 is 3.94. The zero-order chi connectivity index (χ0) is 12.8. The van der Waals surface area contributed by atoms with Crippen LogP contribution in [0, 0.1) is 5.82 Å². The van der Waals surface area contributed by atoms with Gasteiger partial charge in [0.05, 0.1) is 0 Å². The van der Waals surface area contributed by atoms with Gasteiger partial charge in [-0.05, 0) is 45.3 Å². The van der Waals surface area contributed by atoms with Crippen LogP contribution in [-0.4, -0.2) is 38.0 Å². The molecule has 0 spiro atoms. The van der Waals surface area contributed by atoms with Gasteiger partial charge in [0.2, 0.25) is 0 Å². The first-order valence-corrected chi connectivity index (χ1v) is 5.87. The highest BCUT2D eigenvalue weighted by molar-refractivity contribution is 7.80. The predicted octanol–water partition coefficient (Wildman–Crippen LogP) is 1.80. The Morgan fingerprint density at radius 3 is 2.76 bits per heavy atom. The standard InChI is InChI=1S/C12H17FN2OS/c1-15(2)7-3-6-14-12(16)9-4-5-10(13)11(17)8-9/h4-5,8,17H,3,6-7H2,1-2H3,(H,14,16). The number of amides is 1. The van der Waals surface area contributed by atoms with Crippen molar-refractivity contribution in [3.05, 3.63) is 29.6 Å². The second kappa shape index (κ2) is 6.61. The molecule has 0 aliphatic heterocycles. The van der Waals surface area contributed by atoms with E-state index in [0.29, 0.717) is 12.1 Å². The Bertz CT molecular complexity index is 396. The van der Waals surface area contributed by atoms with Crippen molar-refractivity contribution in [2.75, 3.05) is 27.2 Å². The molecule has 0 atom stereocenters. The molecule has 5 heteroatoms. The maximum atomic E-state index is 12.9. The van der Waals surface area contributed by atoms with Crippen LogP contribution >= 0.6 is 12.6 Å². The quantitative estimate of drug-likeness (QED) is 0.622. The maximum Gasteiger partial charge on any atom is 0.251 e. The van der Waals surface area contributed by atoms with Crippen molar-refractivity contribution in [3.8, 4) is 0 Å². The second-order valence-corrected chi connectivity index (χ2v) is 4.56. The van der Waals surface area contributed by atoms with E-state index in [1.165, 1.54) is 18.2 Å². The van der Waals surface area contributed by atoms with Gasteiger partial charge in [-0.3, -0.25) is 4.79 Å². The molecule has 1 N–H and O–H groups in total. The summed E-state index contributed by atoms with van der Waals surface area (Å²) < 4.78 is 12.9. The summed E-state index contributed by atoms with van der Waals surface area (Å²) in [7, 11) is 3.96. The maximum absolute atomic E-state index is 12.9. The summed E-state index contributed by atoms with van der Waals surface area (Å²) in [6.07, 6.45) is 0.883. The summed E-state index contributed by atoms with van der Waals surface area (Å²) in [6.45, 7) is 1.53. The molecule has 1 rings (SSSR count). The van der Waals surface area contributed by atoms with E-state index >= 15 is 0 Å². The summed E-state index contributed by atoms with van der Waals surface area (Å²) in [6, 6.07) is 4.13. The van der Waals surface area contributed by atoms with E-state index in [1.54, 1.807) is 0 Å². The molecule has 0 aliphatic rings. The molecule has 94 valence electrons. The summed E-state index contributed by atoms with van der Waals surface area (Å²) in [5.74, 6) is -0.614. The number of carbonyl (C=O) groups excluding carboxylic acids is 1. The highest BCUT2D eigenvalue weighted by atomic mass is 32.1. The van der Waals surface area contributed by atoms with E-state index in [1.807, 2.05) is 14.1 Å². The summed E-state index contributed by atoms with van der Waals surface area (Å²) in [4.78, 5) is 13.9. The first-order chi connectivity index (χ1) is 8.00. The van der Waals surface area contributed by atoms with E-state index in [0.717, 1.165) is 13.0 Å². The lowest BCUT2D eigenvalue weighted by Gasteiger charge is -2.10. The van der Waals surface area contributed by atoms with Gasteiger partial charge in [0.1, 0.15) is 5.82 Å². The Morgan fingerprint density at radius 2 is 2.18 bits per heavy atom. The van der Waals surface area contributed by atoms with Crippen molar-refractivity contribution in [1.29, 1.82) is 0 Å². The average molecular weight is 256 g/mol. The third kappa shape index (κ3) is 4.75. The third-order valence-corrected chi connectivity index (χ3v) is 2.62. The van der Waals surface area contributed by atoms with Crippen molar-refractivity contribution < 1.29 is 9.18 Å². The normalized spacial score (nSPS) is 10.6. The predicted molar refractivity (Wildman–Crippen MR) is 69.2 cm³/mol. The van der Waals surface area contributed by atoms with Crippen LogP contribution in [0.3, 0.4) is 0 Å². The van der Waals surface area contributed by atoms with Crippen LogP contribution < -0.4 is 5.32 Å².